The van der Waals surface area contributed by atoms with E-state index >= 15 is 0 Å². The van der Waals surface area contributed by atoms with E-state index in [1.807, 2.05) is 19.9 Å². The van der Waals surface area contributed by atoms with Crippen molar-refractivity contribution in [1.29, 1.82) is 5.26 Å². The summed E-state index contributed by atoms with van der Waals surface area (Å²) in [6.07, 6.45) is 2.00. The molecule has 1 heterocycles. The number of Topliss-reactive ketones (excluding diaryl/α,β-unsaturated/α-hetero) is 1. The van der Waals surface area contributed by atoms with Gasteiger partial charge in [0.05, 0.1) is 21.5 Å². The fraction of sp³-hybridized carbons (Fsp3) is 0.435. The predicted octanol–water partition coefficient (Wildman–Crippen LogP) is 3.39. The maximum absolute atomic E-state index is 13.0. The molecule has 3 rings (SSSR count). The summed E-state index contributed by atoms with van der Waals surface area (Å²) >= 11 is 12.0. The van der Waals surface area contributed by atoms with Gasteiger partial charge < -0.3 is 15.5 Å². The van der Waals surface area contributed by atoms with Gasteiger partial charge in [-0.15, -0.1) is 0 Å². The first-order chi connectivity index (χ1) is 14.8. The number of benzene rings is 1. The molecule has 31 heavy (non-hydrogen) atoms. The van der Waals surface area contributed by atoms with E-state index in [-0.39, 0.29) is 23.3 Å². The van der Waals surface area contributed by atoms with E-state index in [4.69, 9.17) is 23.2 Å². The fourth-order valence-electron chi connectivity index (χ4n) is 3.48. The number of hydrogen-bond acceptors (Lipinski definition) is 4. The highest BCUT2D eigenvalue weighted by molar-refractivity contribution is 6.42. The molecule has 0 aromatic heterocycles. The second-order valence-electron chi connectivity index (χ2n) is 8.07. The van der Waals surface area contributed by atoms with Crippen molar-refractivity contribution in [2.24, 2.45) is 11.8 Å². The van der Waals surface area contributed by atoms with Gasteiger partial charge >= 0.3 is 6.03 Å². The quantitative estimate of drug-likeness (QED) is 0.411. The summed E-state index contributed by atoms with van der Waals surface area (Å²) in [4.78, 5) is 27.5. The van der Waals surface area contributed by atoms with E-state index in [9.17, 15) is 14.9 Å². The Hall–Kier alpha value is -2.51. The van der Waals surface area contributed by atoms with Crippen LogP contribution in [0.25, 0.3) is 0 Å². The molecule has 1 aliphatic carbocycles. The Bertz CT molecular complexity index is 1010. The zero-order chi connectivity index (χ0) is 22.6. The number of nitrogens with one attached hydrogen (secondary N) is 2. The number of nitriles is 1. The van der Waals surface area contributed by atoms with Gasteiger partial charge in [-0.1, -0.05) is 55.0 Å². The molecule has 2 fully saturated rings. The van der Waals surface area contributed by atoms with Crippen LogP contribution in [0.2, 0.25) is 10.0 Å². The third-order valence-electron chi connectivity index (χ3n) is 5.25. The molecule has 1 saturated carbocycles. The van der Waals surface area contributed by atoms with Gasteiger partial charge in [-0.2, -0.15) is 5.26 Å². The molecule has 0 spiro atoms. The average Bonchev–Trinajstić information content (AvgIpc) is 3.46. The van der Waals surface area contributed by atoms with Crippen LogP contribution in [0, 0.1) is 35.0 Å². The molecule has 2 N–H and O–H groups in total. The minimum absolute atomic E-state index is 0.0597. The van der Waals surface area contributed by atoms with Gasteiger partial charge in [-0.25, -0.2) is 4.79 Å². The van der Waals surface area contributed by atoms with Gasteiger partial charge in [0.25, 0.3) is 0 Å². The SMILES string of the molecule is CC(C)/C=C(\C#N)C(=O)C1CC1(C#Cc1ccc(Cl)c(Cl)c1)NC(=O)N1CCNCC1. The highest BCUT2D eigenvalue weighted by Gasteiger charge is 2.59. The number of rotatable bonds is 4. The fourth-order valence-corrected chi connectivity index (χ4v) is 3.78. The van der Waals surface area contributed by atoms with E-state index < -0.39 is 11.5 Å². The minimum atomic E-state index is -1.02. The monoisotopic (exact) mass is 458 g/mol. The molecular formula is C23H24Cl2N4O2. The summed E-state index contributed by atoms with van der Waals surface area (Å²) in [6, 6.07) is 6.75. The van der Waals surface area contributed by atoms with Crippen LogP contribution >= 0.6 is 23.2 Å². The predicted molar refractivity (Wildman–Crippen MR) is 121 cm³/mol. The van der Waals surface area contributed by atoms with Crippen molar-refractivity contribution in [3.8, 4) is 17.9 Å². The molecule has 2 unspecified atom stereocenters. The van der Waals surface area contributed by atoms with Crippen LogP contribution in [0.1, 0.15) is 25.8 Å². The number of ketones is 1. The minimum Gasteiger partial charge on any atom is -0.322 e. The second-order valence-corrected chi connectivity index (χ2v) is 8.89. The summed E-state index contributed by atoms with van der Waals surface area (Å²) in [5, 5.41) is 16.4. The number of allylic oxidation sites excluding steroid dienone is 2. The van der Waals surface area contributed by atoms with Crippen molar-refractivity contribution in [3.05, 3.63) is 45.5 Å². The van der Waals surface area contributed by atoms with Crippen LogP contribution in [0.15, 0.2) is 29.8 Å². The highest BCUT2D eigenvalue weighted by Crippen LogP contribution is 2.45. The molecule has 0 radical (unpaired) electrons. The standard InChI is InChI=1S/C23H24Cl2N4O2/c1-15(2)11-17(14-26)21(30)18-13-23(18,28-22(31)29-9-7-27-8-10-29)6-5-16-3-4-19(24)20(25)12-16/h3-4,11-12,15,18,27H,7-10,13H2,1-2H3,(H,28,31)/b17-11+. The van der Waals surface area contributed by atoms with Crippen molar-refractivity contribution >= 4 is 35.0 Å². The molecular weight excluding hydrogens is 435 g/mol. The van der Waals surface area contributed by atoms with Crippen LogP contribution in [0.4, 0.5) is 4.79 Å². The lowest BCUT2D eigenvalue weighted by Gasteiger charge is -2.29. The van der Waals surface area contributed by atoms with Crippen LogP contribution in [0.5, 0.6) is 0 Å². The Kier molecular flexibility index (Phi) is 7.28. The van der Waals surface area contributed by atoms with Crippen molar-refractivity contribution in [2.75, 3.05) is 26.2 Å². The van der Waals surface area contributed by atoms with E-state index in [0.717, 1.165) is 0 Å². The molecule has 8 heteroatoms. The van der Waals surface area contributed by atoms with Crippen molar-refractivity contribution < 1.29 is 9.59 Å². The van der Waals surface area contributed by atoms with Gasteiger partial charge in [-0.05, 0) is 30.5 Å². The van der Waals surface area contributed by atoms with Crippen molar-refractivity contribution in [2.45, 2.75) is 25.8 Å². The van der Waals surface area contributed by atoms with E-state index in [2.05, 4.69) is 22.5 Å². The van der Waals surface area contributed by atoms with Crippen LogP contribution in [-0.2, 0) is 4.79 Å². The Balaban J connectivity index is 1.87. The largest absolute Gasteiger partial charge is 0.322 e. The number of halogens is 2. The average molecular weight is 459 g/mol. The summed E-state index contributed by atoms with van der Waals surface area (Å²) in [7, 11) is 0. The first-order valence-corrected chi connectivity index (χ1v) is 10.9. The lowest BCUT2D eigenvalue weighted by molar-refractivity contribution is -0.116. The molecule has 2 atom stereocenters. The second kappa shape index (κ2) is 9.75. The normalized spacial score (nSPS) is 22.9. The summed E-state index contributed by atoms with van der Waals surface area (Å²) < 4.78 is 0. The van der Waals surface area contributed by atoms with Gasteiger partial charge in [0.1, 0.15) is 11.6 Å². The van der Waals surface area contributed by atoms with Gasteiger partial charge in [-0.3, -0.25) is 4.79 Å². The van der Waals surface area contributed by atoms with E-state index in [0.29, 0.717) is 48.2 Å². The topological polar surface area (TPSA) is 85.2 Å². The van der Waals surface area contributed by atoms with Crippen molar-refractivity contribution in [1.82, 2.24) is 15.5 Å². The first kappa shape index (κ1) is 23.2. The molecule has 1 aromatic rings. The summed E-state index contributed by atoms with van der Waals surface area (Å²) in [5.74, 6) is 5.29. The maximum Gasteiger partial charge on any atom is 0.318 e. The first-order valence-electron chi connectivity index (χ1n) is 10.2. The maximum atomic E-state index is 13.0. The van der Waals surface area contributed by atoms with Gasteiger partial charge in [0.2, 0.25) is 0 Å². The van der Waals surface area contributed by atoms with E-state index in [1.165, 1.54) is 0 Å². The number of urea groups is 1. The van der Waals surface area contributed by atoms with Gasteiger partial charge in [0.15, 0.2) is 5.78 Å². The smallest absolute Gasteiger partial charge is 0.318 e. The lowest BCUT2D eigenvalue weighted by Crippen LogP contribution is -2.53. The van der Waals surface area contributed by atoms with Crippen LogP contribution in [-0.4, -0.2) is 48.4 Å². The highest BCUT2D eigenvalue weighted by atomic mass is 35.5. The number of nitrogens with zero attached hydrogens (tertiary/aromatic N) is 2. The van der Waals surface area contributed by atoms with Crippen LogP contribution < -0.4 is 10.6 Å². The number of piperazine rings is 1. The molecule has 2 aliphatic rings. The van der Waals surface area contributed by atoms with Gasteiger partial charge in [0, 0.05) is 31.7 Å². The number of carbonyl (C=O) groups is 2. The number of amides is 2. The van der Waals surface area contributed by atoms with Crippen molar-refractivity contribution in [3.63, 3.8) is 0 Å². The number of carbonyl (C=O) groups excluding carboxylic acids is 2. The molecule has 0 bridgehead atoms. The molecule has 2 amide bonds. The Labute approximate surface area is 192 Å². The zero-order valence-corrected chi connectivity index (χ0v) is 19.0. The Morgan fingerprint density at radius 3 is 2.61 bits per heavy atom. The third kappa shape index (κ3) is 5.60. The molecule has 1 saturated heterocycles. The number of hydrogen-bond donors (Lipinski definition) is 2. The summed E-state index contributed by atoms with van der Waals surface area (Å²) in [6.45, 7) is 6.40. The third-order valence-corrected chi connectivity index (χ3v) is 5.99. The zero-order valence-electron chi connectivity index (χ0n) is 17.5. The summed E-state index contributed by atoms with van der Waals surface area (Å²) in [5.41, 5.74) is -0.283. The molecule has 162 valence electrons. The van der Waals surface area contributed by atoms with E-state index in [1.54, 1.807) is 29.2 Å². The van der Waals surface area contributed by atoms with Crippen LogP contribution in [0.3, 0.4) is 0 Å². The Morgan fingerprint density at radius 2 is 2.00 bits per heavy atom. The molecule has 1 aliphatic heterocycles. The molecule has 6 nitrogen and oxygen atoms in total. The molecule has 1 aromatic carbocycles. The Morgan fingerprint density at radius 1 is 1.29 bits per heavy atom. The lowest BCUT2D eigenvalue weighted by atomic mass is 10.0.